The number of anilines is 1. The molecule has 2 atom stereocenters. The molecular weight excluding hydrogens is 385 g/mol. The van der Waals surface area contributed by atoms with Crippen molar-refractivity contribution in [2.45, 2.75) is 13.0 Å². The third-order valence-electron chi connectivity index (χ3n) is 4.17. The van der Waals surface area contributed by atoms with Gasteiger partial charge in [-0.25, -0.2) is 14.0 Å². The van der Waals surface area contributed by atoms with Gasteiger partial charge in [0, 0.05) is 23.7 Å². The smallest absolute Gasteiger partial charge is 0.412 e. The van der Waals surface area contributed by atoms with E-state index in [0.717, 1.165) is 18.2 Å². The quantitative estimate of drug-likeness (QED) is 0.628. The van der Waals surface area contributed by atoms with Crippen LogP contribution in [-0.2, 0) is 9.53 Å². The first-order valence-corrected chi connectivity index (χ1v) is 8.60. The average Bonchev–Trinajstić information content (AvgIpc) is 3.14. The summed E-state index contributed by atoms with van der Waals surface area (Å²) in [6.45, 7) is 1.70. The monoisotopic (exact) mass is 403 g/mol. The minimum Gasteiger partial charge on any atom is -0.505 e. The molecule has 0 aromatic heterocycles. The van der Waals surface area contributed by atoms with Gasteiger partial charge < -0.3 is 24.4 Å². The predicted molar refractivity (Wildman–Crippen MR) is 99.4 cm³/mol. The number of halogens is 1. The van der Waals surface area contributed by atoms with Crippen LogP contribution in [0.3, 0.4) is 0 Å². The summed E-state index contributed by atoms with van der Waals surface area (Å²) in [7, 11) is 0. The standard InChI is InChI=1S/C20H18FNO7/c1-11(2-7-18(24)25)19(12-3-5-15(23)14(21)8-12)29-20(26)22-13-4-6-16-17(9-13)28-10-27-16/h2-9,11,19,23H,10H2,1H3,(H,22,26)(H,24,25)/b7-2+/t11-,19-/m0/s1. The number of benzene rings is 2. The predicted octanol–water partition coefficient (Wildman–Crippen LogP) is 3.83. The van der Waals surface area contributed by atoms with Gasteiger partial charge >= 0.3 is 12.1 Å². The van der Waals surface area contributed by atoms with E-state index in [4.69, 9.17) is 19.3 Å². The average molecular weight is 403 g/mol. The van der Waals surface area contributed by atoms with Gasteiger partial charge in [-0.15, -0.1) is 0 Å². The van der Waals surface area contributed by atoms with Crippen LogP contribution < -0.4 is 14.8 Å². The lowest BCUT2D eigenvalue weighted by atomic mass is 9.96. The first kappa shape index (κ1) is 20.0. The van der Waals surface area contributed by atoms with Gasteiger partial charge in [0.15, 0.2) is 23.1 Å². The summed E-state index contributed by atoms with van der Waals surface area (Å²) >= 11 is 0. The summed E-state index contributed by atoms with van der Waals surface area (Å²) < 4.78 is 29.7. The number of carbonyl (C=O) groups is 2. The van der Waals surface area contributed by atoms with Crippen molar-refractivity contribution in [3.63, 3.8) is 0 Å². The van der Waals surface area contributed by atoms with E-state index in [0.29, 0.717) is 17.2 Å². The Morgan fingerprint density at radius 1 is 1.21 bits per heavy atom. The number of carboxylic acids is 1. The zero-order valence-electron chi connectivity index (χ0n) is 15.3. The Labute approximate surface area is 165 Å². The molecule has 0 saturated heterocycles. The Kier molecular flexibility index (Phi) is 5.87. The number of phenolic OH excluding ortho intramolecular Hbond substituents is 1. The Bertz CT molecular complexity index is 960. The van der Waals surface area contributed by atoms with Gasteiger partial charge in [0.1, 0.15) is 6.10 Å². The number of rotatable bonds is 6. The molecule has 8 nitrogen and oxygen atoms in total. The van der Waals surface area contributed by atoms with Crippen LogP contribution in [0.5, 0.6) is 17.2 Å². The third-order valence-corrected chi connectivity index (χ3v) is 4.17. The third kappa shape index (κ3) is 4.95. The van der Waals surface area contributed by atoms with Crippen molar-refractivity contribution < 1.29 is 38.4 Å². The molecule has 2 aromatic rings. The van der Waals surface area contributed by atoms with Crippen LogP contribution >= 0.6 is 0 Å². The Morgan fingerprint density at radius 2 is 1.97 bits per heavy atom. The maximum Gasteiger partial charge on any atom is 0.412 e. The number of nitrogens with one attached hydrogen (secondary N) is 1. The number of phenols is 1. The lowest BCUT2D eigenvalue weighted by Crippen LogP contribution is -2.21. The number of hydrogen-bond donors (Lipinski definition) is 3. The number of hydrogen-bond acceptors (Lipinski definition) is 6. The lowest BCUT2D eigenvalue weighted by Gasteiger charge is -2.23. The Hall–Kier alpha value is -3.75. The van der Waals surface area contributed by atoms with Crippen molar-refractivity contribution >= 4 is 17.7 Å². The number of ether oxygens (including phenoxy) is 3. The first-order chi connectivity index (χ1) is 13.8. The zero-order chi connectivity index (χ0) is 21.0. The second kappa shape index (κ2) is 8.51. The molecule has 0 fully saturated rings. The minimum atomic E-state index is -1.17. The number of aliphatic carboxylic acids is 1. The fraction of sp³-hybridized carbons (Fsp3) is 0.200. The molecule has 9 heteroatoms. The van der Waals surface area contributed by atoms with Gasteiger partial charge in [-0.05, 0) is 29.8 Å². The Morgan fingerprint density at radius 3 is 2.69 bits per heavy atom. The highest BCUT2D eigenvalue weighted by atomic mass is 19.1. The Balaban J connectivity index is 1.78. The summed E-state index contributed by atoms with van der Waals surface area (Å²) in [6.07, 6.45) is 0.395. The van der Waals surface area contributed by atoms with E-state index in [1.165, 1.54) is 12.1 Å². The van der Waals surface area contributed by atoms with Gasteiger partial charge in [0.25, 0.3) is 0 Å². The van der Waals surface area contributed by atoms with E-state index < -0.39 is 35.7 Å². The maximum absolute atomic E-state index is 13.8. The van der Waals surface area contributed by atoms with Crippen molar-refractivity contribution in [3.05, 3.63) is 59.9 Å². The van der Waals surface area contributed by atoms with Crippen molar-refractivity contribution in [1.82, 2.24) is 0 Å². The van der Waals surface area contributed by atoms with Crippen LogP contribution in [-0.4, -0.2) is 29.1 Å². The molecular formula is C20H18FNO7. The molecule has 3 rings (SSSR count). The number of carbonyl (C=O) groups excluding carboxylic acids is 1. The van der Waals surface area contributed by atoms with Crippen molar-refractivity contribution in [2.75, 3.05) is 12.1 Å². The fourth-order valence-electron chi connectivity index (χ4n) is 2.75. The number of aromatic hydroxyl groups is 1. The highest BCUT2D eigenvalue weighted by molar-refractivity contribution is 5.85. The minimum absolute atomic E-state index is 0.0884. The molecule has 1 aliphatic rings. The number of carboxylic acid groups (broad SMARTS) is 1. The number of fused-ring (bicyclic) bond motifs is 1. The van der Waals surface area contributed by atoms with Crippen LogP contribution in [0, 0.1) is 11.7 Å². The van der Waals surface area contributed by atoms with E-state index in [2.05, 4.69) is 5.32 Å². The summed E-state index contributed by atoms with van der Waals surface area (Å²) in [5.41, 5.74) is 0.646. The normalized spacial score (nSPS) is 14.4. The molecule has 152 valence electrons. The lowest BCUT2D eigenvalue weighted by molar-refractivity contribution is -0.131. The second-order valence-electron chi connectivity index (χ2n) is 6.29. The summed E-state index contributed by atoms with van der Waals surface area (Å²) in [6, 6.07) is 8.33. The SMILES string of the molecule is C[C@@H](/C=C/C(=O)O)[C@H](OC(=O)Nc1ccc2c(c1)OCO2)c1ccc(O)c(F)c1. The molecule has 0 radical (unpaired) electrons. The van der Waals surface area contributed by atoms with Gasteiger partial charge in [-0.3, -0.25) is 5.32 Å². The summed E-state index contributed by atoms with van der Waals surface area (Å²) in [4.78, 5) is 23.2. The molecule has 1 heterocycles. The van der Waals surface area contributed by atoms with E-state index in [-0.39, 0.29) is 12.4 Å². The fourth-order valence-corrected chi connectivity index (χ4v) is 2.75. The zero-order valence-corrected chi connectivity index (χ0v) is 15.3. The van der Waals surface area contributed by atoms with E-state index >= 15 is 0 Å². The van der Waals surface area contributed by atoms with Gasteiger partial charge in [0.2, 0.25) is 6.79 Å². The highest BCUT2D eigenvalue weighted by Crippen LogP contribution is 2.35. The van der Waals surface area contributed by atoms with Crippen LogP contribution in [0.2, 0.25) is 0 Å². The molecule has 0 aliphatic carbocycles. The van der Waals surface area contributed by atoms with E-state index in [1.807, 2.05) is 0 Å². The van der Waals surface area contributed by atoms with Crippen LogP contribution in [0.15, 0.2) is 48.6 Å². The molecule has 0 unspecified atom stereocenters. The van der Waals surface area contributed by atoms with Crippen LogP contribution in [0.4, 0.5) is 14.9 Å². The molecule has 1 amide bonds. The van der Waals surface area contributed by atoms with Crippen molar-refractivity contribution in [3.8, 4) is 17.2 Å². The largest absolute Gasteiger partial charge is 0.505 e. The first-order valence-electron chi connectivity index (χ1n) is 8.60. The molecule has 29 heavy (non-hydrogen) atoms. The molecule has 1 aliphatic heterocycles. The van der Waals surface area contributed by atoms with Crippen molar-refractivity contribution in [1.29, 1.82) is 0 Å². The molecule has 0 spiro atoms. The summed E-state index contributed by atoms with van der Waals surface area (Å²) in [5, 5.41) is 20.7. The van der Waals surface area contributed by atoms with Gasteiger partial charge in [-0.2, -0.15) is 0 Å². The van der Waals surface area contributed by atoms with Gasteiger partial charge in [0.05, 0.1) is 0 Å². The van der Waals surface area contributed by atoms with Crippen molar-refractivity contribution in [2.24, 2.45) is 5.92 Å². The van der Waals surface area contributed by atoms with Crippen LogP contribution in [0.1, 0.15) is 18.6 Å². The summed E-state index contributed by atoms with van der Waals surface area (Å²) in [5.74, 6) is -2.19. The molecule has 0 bridgehead atoms. The topological polar surface area (TPSA) is 114 Å². The maximum atomic E-state index is 13.8. The van der Waals surface area contributed by atoms with Gasteiger partial charge in [-0.1, -0.05) is 19.1 Å². The van der Waals surface area contributed by atoms with E-state index in [9.17, 15) is 19.1 Å². The molecule has 2 aromatic carbocycles. The van der Waals surface area contributed by atoms with Crippen LogP contribution in [0.25, 0.3) is 0 Å². The highest BCUT2D eigenvalue weighted by Gasteiger charge is 2.24. The molecule has 0 saturated carbocycles. The van der Waals surface area contributed by atoms with E-state index in [1.54, 1.807) is 25.1 Å². The second-order valence-corrected chi connectivity index (χ2v) is 6.29. The molecule has 3 N–H and O–H groups in total. The number of amides is 1.